The van der Waals surface area contributed by atoms with Crippen LogP contribution in [0.5, 0.6) is 17.2 Å². The van der Waals surface area contributed by atoms with Gasteiger partial charge in [0.05, 0.1) is 5.56 Å². The molecule has 28 heavy (non-hydrogen) atoms. The Kier molecular flexibility index (Phi) is 5.18. The van der Waals surface area contributed by atoms with E-state index in [0.717, 1.165) is 0 Å². The fourth-order valence-corrected chi connectivity index (χ4v) is 3.25. The van der Waals surface area contributed by atoms with Crippen LogP contribution in [0.2, 0.25) is 0 Å². The van der Waals surface area contributed by atoms with Gasteiger partial charge in [-0.25, -0.2) is 0 Å². The molecule has 0 saturated heterocycles. The lowest BCUT2D eigenvalue weighted by molar-refractivity contribution is 0.0982. The summed E-state index contributed by atoms with van der Waals surface area (Å²) in [7, 11) is -4.60. The molecule has 1 aliphatic rings. The predicted octanol–water partition coefficient (Wildman–Crippen LogP) is 3.57. The molecule has 0 radical (unpaired) electrons. The van der Waals surface area contributed by atoms with Gasteiger partial charge in [-0.2, -0.15) is 8.42 Å². The normalized spacial score (nSPS) is 14.8. The molecule has 7 nitrogen and oxygen atoms in total. The van der Waals surface area contributed by atoms with Crippen molar-refractivity contribution < 1.29 is 31.8 Å². The minimum Gasteiger partial charge on any atom is -0.507 e. The van der Waals surface area contributed by atoms with E-state index < -0.39 is 16.0 Å². The fraction of sp³-hybridized carbons (Fsp3) is 0.250. The van der Waals surface area contributed by atoms with E-state index in [1.165, 1.54) is 24.3 Å². The highest BCUT2D eigenvalue weighted by Gasteiger charge is 2.24. The second kappa shape index (κ2) is 7.29. The number of fused-ring (bicyclic) bond motifs is 1. The molecule has 0 atom stereocenters. The van der Waals surface area contributed by atoms with Gasteiger partial charge in [0.25, 0.3) is 0 Å². The van der Waals surface area contributed by atoms with Gasteiger partial charge in [-0.3, -0.25) is 9.35 Å². The highest BCUT2D eigenvalue weighted by molar-refractivity contribution is 7.81. The topological polar surface area (TPSA) is 110 Å². The average Bonchev–Trinajstić information content (AvgIpc) is 2.59. The Morgan fingerprint density at radius 1 is 1.14 bits per heavy atom. The first kappa shape index (κ1) is 19.9. The third-order valence-electron chi connectivity index (χ3n) is 4.28. The molecule has 2 aromatic rings. The van der Waals surface area contributed by atoms with Crippen molar-refractivity contribution in [1.82, 2.24) is 0 Å². The molecule has 0 amide bonds. The highest BCUT2D eigenvalue weighted by Crippen LogP contribution is 2.38. The monoisotopic (exact) mass is 404 g/mol. The van der Waals surface area contributed by atoms with Crippen LogP contribution >= 0.6 is 0 Å². The molecule has 0 unspecified atom stereocenters. The quantitative estimate of drug-likeness (QED) is 0.559. The maximum atomic E-state index is 12.4. The number of Topliss-reactive ketones (excluding diaryl/α,β-unsaturated/α-hetero) is 1. The number of hydrogen-bond donors (Lipinski definition) is 2. The number of carbonyl (C=O) groups excluding carboxylic acids is 1. The van der Waals surface area contributed by atoms with Crippen molar-refractivity contribution in [3.8, 4) is 17.2 Å². The zero-order valence-corrected chi connectivity index (χ0v) is 16.2. The summed E-state index contributed by atoms with van der Waals surface area (Å²) in [6.07, 6.45) is 4.16. The SMILES string of the molecule is CC1(C)C=Cc2c(ccc(CCC(=O)c3ccc(OS(=O)(=O)O)cc3)c2O)O1. The highest BCUT2D eigenvalue weighted by atomic mass is 32.3. The Morgan fingerprint density at radius 3 is 2.46 bits per heavy atom. The average molecular weight is 404 g/mol. The van der Waals surface area contributed by atoms with Crippen LogP contribution < -0.4 is 8.92 Å². The zero-order valence-electron chi connectivity index (χ0n) is 15.4. The summed E-state index contributed by atoms with van der Waals surface area (Å²) in [5.74, 6) is 0.410. The van der Waals surface area contributed by atoms with Crippen LogP contribution in [0, 0.1) is 0 Å². The second-order valence-corrected chi connectivity index (χ2v) is 8.00. The number of phenols is 1. The fourth-order valence-electron chi connectivity index (χ4n) is 2.90. The van der Waals surface area contributed by atoms with Gasteiger partial charge in [-0.15, -0.1) is 0 Å². The molecule has 2 N–H and O–H groups in total. The lowest BCUT2D eigenvalue weighted by atomic mass is 9.96. The summed E-state index contributed by atoms with van der Waals surface area (Å²) in [6.45, 7) is 3.84. The maximum Gasteiger partial charge on any atom is 0.446 e. The molecule has 0 aromatic heterocycles. The molecule has 148 valence electrons. The molecule has 0 saturated carbocycles. The molecule has 1 heterocycles. The van der Waals surface area contributed by atoms with Gasteiger partial charge in [0.15, 0.2) is 5.78 Å². The van der Waals surface area contributed by atoms with Crippen LogP contribution in [0.25, 0.3) is 6.08 Å². The molecule has 0 fully saturated rings. The Hall–Kier alpha value is -2.84. The Bertz CT molecular complexity index is 1030. The first-order chi connectivity index (χ1) is 13.0. The molecule has 3 rings (SSSR count). The largest absolute Gasteiger partial charge is 0.507 e. The summed E-state index contributed by atoms with van der Waals surface area (Å²) in [5, 5.41) is 10.5. The van der Waals surface area contributed by atoms with Crippen molar-refractivity contribution in [2.75, 3.05) is 0 Å². The van der Waals surface area contributed by atoms with Gasteiger partial charge in [-0.1, -0.05) is 6.07 Å². The zero-order chi connectivity index (χ0) is 20.5. The van der Waals surface area contributed by atoms with E-state index in [1.807, 2.05) is 26.0 Å². The van der Waals surface area contributed by atoms with Crippen molar-refractivity contribution in [2.45, 2.75) is 32.3 Å². The number of phenolic OH excluding ortho intramolecular Hbond substituents is 1. The van der Waals surface area contributed by atoms with E-state index >= 15 is 0 Å². The molecule has 8 heteroatoms. The third-order valence-corrected chi connectivity index (χ3v) is 4.69. The van der Waals surface area contributed by atoms with Crippen LogP contribution in [0.15, 0.2) is 42.5 Å². The van der Waals surface area contributed by atoms with Crippen LogP contribution in [0.3, 0.4) is 0 Å². The minimum absolute atomic E-state index is 0.0916. The Morgan fingerprint density at radius 2 is 1.82 bits per heavy atom. The van der Waals surface area contributed by atoms with Crippen molar-refractivity contribution >= 4 is 22.3 Å². The van der Waals surface area contributed by atoms with Crippen molar-refractivity contribution in [3.05, 3.63) is 59.2 Å². The maximum absolute atomic E-state index is 12.4. The van der Waals surface area contributed by atoms with E-state index in [-0.39, 0.29) is 23.7 Å². The van der Waals surface area contributed by atoms with E-state index in [1.54, 1.807) is 12.1 Å². The smallest absolute Gasteiger partial charge is 0.446 e. The number of ether oxygens (including phenoxy) is 1. The van der Waals surface area contributed by atoms with Crippen LogP contribution in [0.1, 0.15) is 41.8 Å². The molecule has 0 spiro atoms. The summed E-state index contributed by atoms with van der Waals surface area (Å²) in [4.78, 5) is 12.4. The molecule has 1 aliphatic heterocycles. The van der Waals surface area contributed by atoms with Gasteiger partial charge >= 0.3 is 10.4 Å². The number of aromatic hydroxyl groups is 1. The number of hydrogen-bond acceptors (Lipinski definition) is 6. The first-order valence-electron chi connectivity index (χ1n) is 8.57. The van der Waals surface area contributed by atoms with Gasteiger partial charge < -0.3 is 14.0 Å². The number of carbonyl (C=O) groups is 1. The van der Waals surface area contributed by atoms with E-state index in [0.29, 0.717) is 28.9 Å². The number of benzene rings is 2. The van der Waals surface area contributed by atoms with Crippen LogP contribution in [-0.2, 0) is 16.8 Å². The summed E-state index contributed by atoms with van der Waals surface area (Å²) < 4.78 is 40.1. The van der Waals surface area contributed by atoms with E-state index in [4.69, 9.17) is 9.29 Å². The molecule has 0 bridgehead atoms. The van der Waals surface area contributed by atoms with E-state index in [2.05, 4.69) is 4.18 Å². The van der Waals surface area contributed by atoms with Crippen LogP contribution in [0.4, 0.5) is 0 Å². The lowest BCUT2D eigenvalue weighted by Gasteiger charge is -2.28. The summed E-state index contributed by atoms with van der Waals surface area (Å²) >= 11 is 0. The Labute approximate surface area is 163 Å². The third kappa shape index (κ3) is 4.71. The Balaban J connectivity index is 1.68. The molecular formula is C20H20O7S. The second-order valence-electron chi connectivity index (χ2n) is 6.98. The standard InChI is InChI=1S/C20H20O7S/c1-20(2)12-11-16-18(26-20)10-6-14(19(16)22)5-9-17(21)13-3-7-15(8-4-13)27-28(23,24)25/h3-4,6-8,10-12,22H,5,9H2,1-2H3,(H,23,24,25). The first-order valence-corrected chi connectivity index (χ1v) is 9.94. The van der Waals surface area contributed by atoms with Gasteiger partial charge in [0, 0.05) is 12.0 Å². The summed E-state index contributed by atoms with van der Waals surface area (Å²) in [5.41, 5.74) is 1.15. The number of aryl methyl sites for hydroxylation is 1. The van der Waals surface area contributed by atoms with Gasteiger partial charge in [0.2, 0.25) is 0 Å². The predicted molar refractivity (Wildman–Crippen MR) is 103 cm³/mol. The number of ketones is 1. The summed E-state index contributed by atoms with van der Waals surface area (Å²) in [6, 6.07) is 8.90. The number of rotatable bonds is 6. The van der Waals surface area contributed by atoms with Crippen molar-refractivity contribution in [2.24, 2.45) is 0 Å². The van der Waals surface area contributed by atoms with Gasteiger partial charge in [0.1, 0.15) is 22.8 Å². The minimum atomic E-state index is -4.60. The van der Waals surface area contributed by atoms with Crippen molar-refractivity contribution in [1.29, 1.82) is 0 Å². The molecule has 0 aliphatic carbocycles. The molecule has 2 aromatic carbocycles. The van der Waals surface area contributed by atoms with E-state index in [9.17, 15) is 18.3 Å². The van der Waals surface area contributed by atoms with Crippen molar-refractivity contribution in [3.63, 3.8) is 0 Å². The lowest BCUT2D eigenvalue weighted by Crippen LogP contribution is -2.27. The molecular weight excluding hydrogens is 384 g/mol. The van der Waals surface area contributed by atoms with Gasteiger partial charge in [-0.05, 0) is 68.3 Å². The van der Waals surface area contributed by atoms with Crippen LogP contribution in [-0.4, -0.2) is 29.5 Å².